The standard InChI is InChI=1S/C25H38BrN3O/c1-2-14-29(24-7-6-19-4-3-5-22(26)17-21(19)18-24)23-10-15-28(16-11-23)25(30)20-8-12-27-13-9-20/h4-5,17,20,23-24,27H,2-3,6-16,18H2,1H3. The molecule has 2 heterocycles. The molecular formula is C25H38BrN3O. The van der Waals surface area contributed by atoms with Gasteiger partial charge in [-0.15, -0.1) is 0 Å². The summed E-state index contributed by atoms with van der Waals surface area (Å²) in [6, 6.07) is 1.27. The Morgan fingerprint density at radius 1 is 1.10 bits per heavy atom. The molecule has 2 saturated heterocycles. The topological polar surface area (TPSA) is 35.6 Å². The van der Waals surface area contributed by atoms with Crippen LogP contribution in [0.2, 0.25) is 0 Å². The van der Waals surface area contributed by atoms with Crippen LogP contribution in [-0.2, 0) is 4.79 Å². The van der Waals surface area contributed by atoms with Crippen molar-refractivity contribution >= 4 is 21.8 Å². The molecule has 5 heteroatoms. The lowest BCUT2D eigenvalue weighted by molar-refractivity contribution is -0.138. The van der Waals surface area contributed by atoms with Crippen LogP contribution in [0.1, 0.15) is 64.7 Å². The highest BCUT2D eigenvalue weighted by molar-refractivity contribution is 9.11. The van der Waals surface area contributed by atoms with Crippen molar-refractivity contribution in [3.63, 3.8) is 0 Å². The van der Waals surface area contributed by atoms with Crippen molar-refractivity contribution in [2.75, 3.05) is 32.7 Å². The molecule has 1 atom stereocenters. The zero-order valence-corrected chi connectivity index (χ0v) is 20.1. The molecule has 3 fully saturated rings. The molecule has 1 saturated carbocycles. The molecule has 166 valence electrons. The number of nitrogens with zero attached hydrogens (tertiary/aromatic N) is 2. The summed E-state index contributed by atoms with van der Waals surface area (Å²) in [4.78, 5) is 17.9. The molecule has 0 radical (unpaired) electrons. The van der Waals surface area contributed by atoms with E-state index < -0.39 is 0 Å². The average Bonchev–Trinajstić information content (AvgIpc) is 2.97. The lowest BCUT2D eigenvalue weighted by atomic mass is 9.83. The van der Waals surface area contributed by atoms with Gasteiger partial charge in [0, 0.05) is 35.6 Å². The van der Waals surface area contributed by atoms with Crippen LogP contribution in [0.4, 0.5) is 0 Å². The van der Waals surface area contributed by atoms with Gasteiger partial charge in [-0.05, 0) is 94.6 Å². The van der Waals surface area contributed by atoms with Gasteiger partial charge in [-0.1, -0.05) is 35.0 Å². The second-order valence-electron chi connectivity index (χ2n) is 9.44. The lowest BCUT2D eigenvalue weighted by Gasteiger charge is -2.45. The molecule has 2 aliphatic heterocycles. The van der Waals surface area contributed by atoms with Crippen LogP contribution in [0.5, 0.6) is 0 Å². The molecule has 2 aliphatic carbocycles. The van der Waals surface area contributed by atoms with Crippen LogP contribution in [-0.4, -0.2) is 60.5 Å². The Bertz CT molecular complexity index is 699. The maximum atomic E-state index is 12.9. The van der Waals surface area contributed by atoms with Crippen LogP contribution in [0.3, 0.4) is 0 Å². The predicted molar refractivity (Wildman–Crippen MR) is 128 cm³/mol. The molecule has 30 heavy (non-hydrogen) atoms. The highest BCUT2D eigenvalue weighted by Crippen LogP contribution is 2.37. The molecule has 0 aromatic carbocycles. The van der Waals surface area contributed by atoms with E-state index in [1.165, 1.54) is 42.3 Å². The van der Waals surface area contributed by atoms with Crippen molar-refractivity contribution in [1.29, 1.82) is 0 Å². The Balaban J connectivity index is 1.37. The van der Waals surface area contributed by atoms with Gasteiger partial charge >= 0.3 is 0 Å². The van der Waals surface area contributed by atoms with E-state index in [2.05, 4.69) is 56.2 Å². The van der Waals surface area contributed by atoms with Gasteiger partial charge in [-0.25, -0.2) is 0 Å². The van der Waals surface area contributed by atoms with E-state index >= 15 is 0 Å². The number of hydrogen-bond acceptors (Lipinski definition) is 3. The van der Waals surface area contributed by atoms with Gasteiger partial charge in [-0.2, -0.15) is 0 Å². The summed E-state index contributed by atoms with van der Waals surface area (Å²) in [5, 5.41) is 3.38. The summed E-state index contributed by atoms with van der Waals surface area (Å²) in [6.45, 7) is 7.37. The number of amides is 1. The number of rotatable bonds is 5. The Morgan fingerprint density at radius 2 is 1.87 bits per heavy atom. The second kappa shape index (κ2) is 10.6. The maximum Gasteiger partial charge on any atom is 0.225 e. The van der Waals surface area contributed by atoms with Gasteiger partial charge in [0.05, 0.1) is 0 Å². The third kappa shape index (κ3) is 5.28. The molecule has 1 N–H and O–H groups in total. The van der Waals surface area contributed by atoms with Crippen LogP contribution < -0.4 is 5.32 Å². The highest BCUT2D eigenvalue weighted by Gasteiger charge is 2.34. The van der Waals surface area contributed by atoms with Gasteiger partial charge < -0.3 is 10.2 Å². The van der Waals surface area contributed by atoms with E-state index in [9.17, 15) is 4.79 Å². The molecule has 1 unspecified atom stereocenters. The number of fused-ring (bicyclic) bond motifs is 1. The number of halogens is 1. The molecule has 4 nitrogen and oxygen atoms in total. The molecular weight excluding hydrogens is 438 g/mol. The van der Waals surface area contributed by atoms with Crippen LogP contribution >= 0.6 is 15.9 Å². The Morgan fingerprint density at radius 3 is 2.60 bits per heavy atom. The van der Waals surface area contributed by atoms with Crippen molar-refractivity contribution in [2.24, 2.45) is 5.92 Å². The first-order valence-electron chi connectivity index (χ1n) is 12.2. The van der Waals surface area contributed by atoms with Crippen molar-refractivity contribution in [3.8, 4) is 0 Å². The van der Waals surface area contributed by atoms with Gasteiger partial charge in [0.15, 0.2) is 0 Å². The summed E-state index contributed by atoms with van der Waals surface area (Å²) in [6.07, 6.45) is 17.2. The normalized spacial score (nSPS) is 26.6. The summed E-state index contributed by atoms with van der Waals surface area (Å²) in [7, 11) is 0. The SMILES string of the molecule is CCCN(C1CCN(C(=O)C2CCNCC2)CC1)C1CCC2=CCC=C(Br)C=C2C1. The van der Waals surface area contributed by atoms with Crippen molar-refractivity contribution in [3.05, 3.63) is 33.9 Å². The fraction of sp³-hybridized carbons (Fsp3) is 0.720. The summed E-state index contributed by atoms with van der Waals surface area (Å²) in [5.74, 6) is 0.677. The van der Waals surface area contributed by atoms with E-state index in [1.807, 2.05) is 0 Å². The quantitative estimate of drug-likeness (QED) is 0.621. The van der Waals surface area contributed by atoms with Crippen molar-refractivity contribution in [2.45, 2.75) is 76.8 Å². The fourth-order valence-corrected chi connectivity index (χ4v) is 6.31. The van der Waals surface area contributed by atoms with Gasteiger partial charge in [0.2, 0.25) is 5.91 Å². The van der Waals surface area contributed by atoms with E-state index in [0.717, 1.165) is 58.3 Å². The zero-order chi connectivity index (χ0) is 20.9. The third-order valence-corrected chi connectivity index (χ3v) is 8.04. The second-order valence-corrected chi connectivity index (χ2v) is 10.4. The van der Waals surface area contributed by atoms with Gasteiger partial charge in [0.1, 0.15) is 0 Å². The number of carbonyl (C=O) groups is 1. The van der Waals surface area contributed by atoms with Gasteiger partial charge in [-0.3, -0.25) is 9.69 Å². The largest absolute Gasteiger partial charge is 0.342 e. The smallest absolute Gasteiger partial charge is 0.225 e. The van der Waals surface area contributed by atoms with E-state index in [4.69, 9.17) is 0 Å². The highest BCUT2D eigenvalue weighted by atomic mass is 79.9. The first-order valence-corrected chi connectivity index (χ1v) is 13.0. The number of carbonyl (C=O) groups excluding carboxylic acids is 1. The Hall–Kier alpha value is -0.910. The first-order chi connectivity index (χ1) is 14.7. The molecule has 4 rings (SSSR count). The molecule has 4 aliphatic rings. The maximum absolute atomic E-state index is 12.9. The summed E-state index contributed by atoms with van der Waals surface area (Å²) in [5.41, 5.74) is 3.10. The van der Waals surface area contributed by atoms with E-state index in [-0.39, 0.29) is 5.92 Å². The first kappa shape index (κ1) is 22.3. The van der Waals surface area contributed by atoms with Crippen LogP contribution in [0, 0.1) is 5.92 Å². The number of hydrogen-bond donors (Lipinski definition) is 1. The predicted octanol–water partition coefficient (Wildman–Crippen LogP) is 4.78. The zero-order valence-electron chi connectivity index (χ0n) is 18.5. The summed E-state index contributed by atoms with van der Waals surface area (Å²) >= 11 is 3.71. The number of likely N-dealkylation sites (tertiary alicyclic amines) is 1. The molecule has 1 amide bonds. The average molecular weight is 477 g/mol. The fourth-order valence-electron chi connectivity index (χ4n) is 5.84. The molecule has 0 aromatic heterocycles. The molecule has 0 bridgehead atoms. The summed E-state index contributed by atoms with van der Waals surface area (Å²) < 4.78 is 1.23. The van der Waals surface area contributed by atoms with Gasteiger partial charge in [0.25, 0.3) is 0 Å². The minimum absolute atomic E-state index is 0.256. The number of allylic oxidation sites excluding steroid dienone is 5. The van der Waals surface area contributed by atoms with Crippen LogP contribution in [0.15, 0.2) is 33.9 Å². The number of piperidine rings is 2. The minimum atomic E-state index is 0.256. The van der Waals surface area contributed by atoms with E-state index in [1.54, 1.807) is 5.57 Å². The van der Waals surface area contributed by atoms with Crippen LogP contribution in [0.25, 0.3) is 0 Å². The van der Waals surface area contributed by atoms with Crippen molar-refractivity contribution in [1.82, 2.24) is 15.1 Å². The van der Waals surface area contributed by atoms with Crippen molar-refractivity contribution < 1.29 is 4.79 Å². The Labute approximate surface area is 191 Å². The molecule has 0 spiro atoms. The minimum Gasteiger partial charge on any atom is -0.342 e. The Kier molecular flexibility index (Phi) is 7.88. The number of nitrogens with one attached hydrogen (secondary N) is 1. The van der Waals surface area contributed by atoms with E-state index in [0.29, 0.717) is 18.0 Å². The lowest BCUT2D eigenvalue weighted by Crippen LogP contribution is -2.52. The molecule has 0 aromatic rings. The monoisotopic (exact) mass is 475 g/mol. The third-order valence-electron chi connectivity index (χ3n) is 7.49.